The Balaban J connectivity index is 2.11. The van der Waals surface area contributed by atoms with Crippen molar-refractivity contribution in [2.24, 2.45) is 5.92 Å². The maximum atomic E-state index is 12.1. The molecule has 0 saturated heterocycles. The Morgan fingerprint density at radius 3 is 3.00 bits per heavy atom. The van der Waals surface area contributed by atoms with Crippen LogP contribution >= 0.6 is 0 Å². The van der Waals surface area contributed by atoms with E-state index in [-0.39, 0.29) is 6.67 Å². The van der Waals surface area contributed by atoms with Crippen molar-refractivity contribution >= 4 is 0 Å². The van der Waals surface area contributed by atoms with E-state index in [1.54, 1.807) is 0 Å². The Labute approximate surface area is 97.1 Å². The minimum atomic E-state index is -0.227. The van der Waals surface area contributed by atoms with Gasteiger partial charge in [0.25, 0.3) is 0 Å². The average molecular weight is 221 g/mol. The van der Waals surface area contributed by atoms with Gasteiger partial charge in [0.2, 0.25) is 0 Å². The predicted octanol–water partition coefficient (Wildman–Crippen LogP) is 3.18. The van der Waals surface area contributed by atoms with E-state index in [4.69, 9.17) is 0 Å². The van der Waals surface area contributed by atoms with E-state index in [2.05, 4.69) is 37.4 Å². The summed E-state index contributed by atoms with van der Waals surface area (Å²) in [6.45, 7) is 4.94. The number of hydrogen-bond acceptors (Lipinski definition) is 1. The average Bonchev–Trinajstić information content (AvgIpc) is 2.56. The van der Waals surface area contributed by atoms with Gasteiger partial charge in [-0.1, -0.05) is 30.7 Å². The lowest BCUT2D eigenvalue weighted by molar-refractivity contribution is 0.391. The van der Waals surface area contributed by atoms with Gasteiger partial charge in [-0.3, -0.25) is 4.39 Å². The van der Waals surface area contributed by atoms with Gasteiger partial charge in [0.15, 0.2) is 0 Å². The van der Waals surface area contributed by atoms with E-state index < -0.39 is 0 Å². The molecule has 88 valence electrons. The van der Waals surface area contributed by atoms with Crippen molar-refractivity contribution in [2.45, 2.75) is 32.7 Å². The van der Waals surface area contributed by atoms with Crippen molar-refractivity contribution in [3.63, 3.8) is 0 Å². The van der Waals surface area contributed by atoms with Gasteiger partial charge >= 0.3 is 0 Å². The fourth-order valence-corrected chi connectivity index (χ4v) is 2.60. The number of halogens is 1. The smallest absolute Gasteiger partial charge is 0.0906 e. The monoisotopic (exact) mass is 221 g/mol. The van der Waals surface area contributed by atoms with Crippen molar-refractivity contribution in [2.75, 3.05) is 13.2 Å². The molecule has 0 saturated carbocycles. The van der Waals surface area contributed by atoms with Gasteiger partial charge in [0.05, 0.1) is 6.67 Å². The normalized spacial score (nSPS) is 23.4. The number of benzene rings is 1. The van der Waals surface area contributed by atoms with Gasteiger partial charge in [-0.15, -0.1) is 0 Å². The molecule has 2 unspecified atom stereocenters. The second-order valence-corrected chi connectivity index (χ2v) is 4.86. The molecule has 1 nitrogen and oxygen atoms in total. The molecule has 0 aromatic heterocycles. The standard InChI is InChI=1S/C14H20FN/c1-10-4-5-12-9-11(2)14(13(12)8-10)16-7-3-6-15/h4-5,8,11,14,16H,3,6-7,9H2,1-2H3. The third-order valence-corrected chi connectivity index (χ3v) is 3.42. The molecule has 0 spiro atoms. The summed E-state index contributed by atoms with van der Waals surface area (Å²) >= 11 is 0. The number of alkyl halides is 1. The number of fused-ring (bicyclic) bond motifs is 1. The van der Waals surface area contributed by atoms with Crippen LogP contribution in [-0.4, -0.2) is 13.2 Å². The van der Waals surface area contributed by atoms with Gasteiger partial charge < -0.3 is 5.32 Å². The molecule has 0 aliphatic heterocycles. The molecular weight excluding hydrogens is 201 g/mol. The second-order valence-electron chi connectivity index (χ2n) is 4.86. The summed E-state index contributed by atoms with van der Waals surface area (Å²) in [6, 6.07) is 7.10. The molecule has 0 bridgehead atoms. The highest BCUT2D eigenvalue weighted by Crippen LogP contribution is 2.36. The first-order valence-corrected chi connectivity index (χ1v) is 6.11. The molecule has 2 atom stereocenters. The van der Waals surface area contributed by atoms with E-state index in [1.165, 1.54) is 16.7 Å². The first-order chi connectivity index (χ1) is 7.72. The van der Waals surface area contributed by atoms with Crippen LogP contribution in [0.25, 0.3) is 0 Å². The van der Waals surface area contributed by atoms with E-state index in [1.807, 2.05) is 0 Å². The Morgan fingerprint density at radius 1 is 1.44 bits per heavy atom. The minimum absolute atomic E-state index is 0.227. The molecule has 0 amide bonds. The van der Waals surface area contributed by atoms with Gasteiger partial charge in [-0.2, -0.15) is 0 Å². The zero-order chi connectivity index (χ0) is 11.5. The van der Waals surface area contributed by atoms with Crippen molar-refractivity contribution < 1.29 is 4.39 Å². The molecule has 2 rings (SSSR count). The molecular formula is C14H20FN. The van der Waals surface area contributed by atoms with Gasteiger partial charge in [-0.05, 0) is 43.4 Å². The molecule has 1 aromatic rings. The van der Waals surface area contributed by atoms with Crippen LogP contribution < -0.4 is 5.32 Å². The summed E-state index contributed by atoms with van der Waals surface area (Å²) < 4.78 is 12.1. The SMILES string of the molecule is Cc1ccc2c(c1)C(NCCCF)C(C)C2. The lowest BCUT2D eigenvalue weighted by Gasteiger charge is -2.18. The summed E-state index contributed by atoms with van der Waals surface area (Å²) in [4.78, 5) is 0. The molecule has 0 radical (unpaired) electrons. The molecule has 0 fully saturated rings. The summed E-state index contributed by atoms with van der Waals surface area (Å²) in [6.07, 6.45) is 1.76. The quantitative estimate of drug-likeness (QED) is 0.770. The summed E-state index contributed by atoms with van der Waals surface area (Å²) in [7, 11) is 0. The van der Waals surface area contributed by atoms with Gasteiger partial charge in [0, 0.05) is 6.04 Å². The zero-order valence-corrected chi connectivity index (χ0v) is 10.1. The van der Waals surface area contributed by atoms with Crippen LogP contribution in [0.5, 0.6) is 0 Å². The van der Waals surface area contributed by atoms with Crippen LogP contribution in [-0.2, 0) is 6.42 Å². The first-order valence-electron chi connectivity index (χ1n) is 6.11. The molecule has 0 heterocycles. The van der Waals surface area contributed by atoms with Crippen LogP contribution in [0, 0.1) is 12.8 Å². The maximum Gasteiger partial charge on any atom is 0.0906 e. The van der Waals surface area contributed by atoms with Gasteiger partial charge in [-0.25, -0.2) is 0 Å². The predicted molar refractivity (Wildman–Crippen MR) is 65.4 cm³/mol. The van der Waals surface area contributed by atoms with Crippen LogP contribution in [0.15, 0.2) is 18.2 Å². The fraction of sp³-hybridized carbons (Fsp3) is 0.571. The zero-order valence-electron chi connectivity index (χ0n) is 10.1. The lowest BCUT2D eigenvalue weighted by Crippen LogP contribution is -2.25. The van der Waals surface area contributed by atoms with Crippen molar-refractivity contribution in [3.8, 4) is 0 Å². The summed E-state index contributed by atoms with van der Waals surface area (Å²) in [5, 5.41) is 3.48. The fourth-order valence-electron chi connectivity index (χ4n) is 2.60. The minimum Gasteiger partial charge on any atom is -0.310 e. The Bertz CT molecular complexity index is 362. The van der Waals surface area contributed by atoms with E-state index in [0.717, 1.165) is 13.0 Å². The third kappa shape index (κ3) is 2.27. The molecule has 1 aliphatic carbocycles. The van der Waals surface area contributed by atoms with E-state index in [9.17, 15) is 4.39 Å². The highest BCUT2D eigenvalue weighted by Gasteiger charge is 2.28. The Hall–Kier alpha value is -0.890. The van der Waals surface area contributed by atoms with Crippen molar-refractivity contribution in [1.82, 2.24) is 5.32 Å². The Kier molecular flexibility index (Phi) is 3.59. The van der Waals surface area contributed by atoms with Crippen LogP contribution in [0.4, 0.5) is 4.39 Å². The van der Waals surface area contributed by atoms with Crippen LogP contribution in [0.2, 0.25) is 0 Å². The molecule has 16 heavy (non-hydrogen) atoms. The number of aryl methyl sites for hydroxylation is 1. The molecule has 1 N–H and O–H groups in total. The Morgan fingerprint density at radius 2 is 2.25 bits per heavy atom. The van der Waals surface area contributed by atoms with Crippen LogP contribution in [0.1, 0.15) is 36.1 Å². The molecule has 1 aromatic carbocycles. The van der Waals surface area contributed by atoms with Crippen molar-refractivity contribution in [3.05, 3.63) is 34.9 Å². The topological polar surface area (TPSA) is 12.0 Å². The largest absolute Gasteiger partial charge is 0.310 e. The van der Waals surface area contributed by atoms with E-state index >= 15 is 0 Å². The van der Waals surface area contributed by atoms with Gasteiger partial charge in [0.1, 0.15) is 0 Å². The second kappa shape index (κ2) is 4.96. The van der Waals surface area contributed by atoms with Crippen LogP contribution in [0.3, 0.4) is 0 Å². The summed E-state index contributed by atoms with van der Waals surface area (Å²) in [5.41, 5.74) is 4.19. The maximum absolute atomic E-state index is 12.1. The number of rotatable bonds is 4. The third-order valence-electron chi connectivity index (χ3n) is 3.42. The number of hydrogen-bond donors (Lipinski definition) is 1. The summed E-state index contributed by atoms with van der Waals surface area (Å²) in [5.74, 6) is 0.622. The number of nitrogens with one attached hydrogen (secondary N) is 1. The molecule has 2 heteroatoms. The highest BCUT2D eigenvalue weighted by atomic mass is 19.1. The lowest BCUT2D eigenvalue weighted by atomic mass is 10.0. The van der Waals surface area contributed by atoms with E-state index in [0.29, 0.717) is 18.4 Å². The van der Waals surface area contributed by atoms with Crippen molar-refractivity contribution in [1.29, 1.82) is 0 Å². The first kappa shape index (κ1) is 11.6. The molecule has 1 aliphatic rings. The highest BCUT2D eigenvalue weighted by molar-refractivity contribution is 5.38.